The quantitative estimate of drug-likeness (QED) is 0.107. The molecule has 0 saturated carbocycles. The third-order valence-electron chi connectivity index (χ3n) is 5.65. The normalized spacial score (nSPS) is 34.6. The van der Waals surface area contributed by atoms with Crippen LogP contribution in [0.2, 0.25) is 0 Å². The zero-order valence-corrected chi connectivity index (χ0v) is 22.0. The summed E-state index contributed by atoms with van der Waals surface area (Å²) >= 11 is 0. The summed E-state index contributed by atoms with van der Waals surface area (Å²) in [6, 6.07) is 0. The van der Waals surface area contributed by atoms with Gasteiger partial charge in [-0.2, -0.15) is 0 Å². The zero-order valence-electron chi connectivity index (χ0n) is 22.0. The van der Waals surface area contributed by atoms with Crippen LogP contribution in [0.1, 0.15) is 34.1 Å². The molecule has 0 amide bonds. The van der Waals surface area contributed by atoms with Crippen molar-refractivity contribution in [2.24, 2.45) is 0 Å². The summed E-state index contributed by atoms with van der Waals surface area (Å²) in [4.78, 5) is 47.6. The van der Waals surface area contributed by atoms with Gasteiger partial charge in [-0.05, 0) is 6.42 Å². The van der Waals surface area contributed by atoms with Gasteiger partial charge in [0.1, 0.15) is 24.4 Å². The lowest BCUT2D eigenvalue weighted by atomic mass is 9.96. The van der Waals surface area contributed by atoms with Crippen molar-refractivity contribution in [2.75, 3.05) is 26.4 Å². The zero-order chi connectivity index (χ0) is 29.3. The van der Waals surface area contributed by atoms with Crippen molar-refractivity contribution in [2.45, 2.75) is 95.5 Å². The molecule has 0 aromatic carbocycles. The second-order valence-corrected chi connectivity index (χ2v) is 8.79. The molecule has 2 heterocycles. The predicted molar refractivity (Wildman–Crippen MR) is 122 cm³/mol. The first-order chi connectivity index (χ1) is 18.4. The van der Waals surface area contributed by atoms with Crippen molar-refractivity contribution < 1.29 is 77.5 Å². The van der Waals surface area contributed by atoms with Crippen LogP contribution >= 0.6 is 0 Å². The average Bonchev–Trinajstić information content (AvgIpc) is 2.84. The van der Waals surface area contributed by atoms with E-state index in [4.69, 9.17) is 43.0 Å². The molecule has 16 nitrogen and oxygen atoms in total. The lowest BCUT2D eigenvalue weighted by Crippen LogP contribution is -2.66. The molecular weight excluding hydrogens is 532 g/mol. The van der Waals surface area contributed by atoms with E-state index in [1.54, 1.807) is 0 Å². The molecule has 0 bridgehead atoms. The van der Waals surface area contributed by atoms with E-state index in [-0.39, 0.29) is 19.6 Å². The largest absolute Gasteiger partial charge is 0.455 e. The Hall–Kier alpha value is -2.44. The number of aliphatic hydroxyl groups excluding tert-OH is 4. The molecule has 2 aliphatic rings. The van der Waals surface area contributed by atoms with Crippen LogP contribution in [-0.2, 0) is 57.1 Å². The van der Waals surface area contributed by atoms with E-state index < -0.39 is 98.5 Å². The van der Waals surface area contributed by atoms with E-state index in [1.807, 2.05) is 0 Å². The highest BCUT2D eigenvalue weighted by Crippen LogP contribution is 2.34. The first-order valence-electron chi connectivity index (χ1n) is 12.2. The third-order valence-corrected chi connectivity index (χ3v) is 5.65. The van der Waals surface area contributed by atoms with Crippen molar-refractivity contribution in [3.05, 3.63) is 0 Å². The molecule has 224 valence electrons. The molecule has 2 aliphatic heterocycles. The summed E-state index contributed by atoms with van der Waals surface area (Å²) < 4.78 is 44.0. The highest BCUT2D eigenvalue weighted by atomic mass is 16.8. The topological polar surface area (TPSA) is 223 Å². The fourth-order valence-corrected chi connectivity index (χ4v) is 4.18. The lowest BCUT2D eigenvalue weighted by Gasteiger charge is -2.48. The van der Waals surface area contributed by atoms with E-state index in [9.17, 15) is 34.5 Å². The van der Waals surface area contributed by atoms with Gasteiger partial charge in [0.25, 0.3) is 0 Å². The fraction of sp³-hybridized carbons (Fsp3) is 0.826. The predicted octanol–water partition coefficient (Wildman–Crippen LogP) is -2.71. The summed E-state index contributed by atoms with van der Waals surface area (Å²) in [5.74, 6) is -3.35. The minimum Gasteiger partial charge on any atom is -0.455 e. The van der Waals surface area contributed by atoms with Gasteiger partial charge in [0.05, 0.1) is 19.8 Å². The van der Waals surface area contributed by atoms with E-state index >= 15 is 0 Å². The molecule has 0 aromatic heterocycles. The number of ether oxygens (including phenoxy) is 8. The van der Waals surface area contributed by atoms with E-state index in [0.29, 0.717) is 0 Å². The summed E-state index contributed by atoms with van der Waals surface area (Å²) in [6.07, 6.45) is -14.7. The fourth-order valence-electron chi connectivity index (χ4n) is 4.18. The molecule has 16 heteroatoms. The Morgan fingerprint density at radius 1 is 0.641 bits per heavy atom. The Bertz CT molecular complexity index is 835. The SMILES string of the molecule is CC(=O)O[C@H]1[C@@H](OC2[C@@H](CO)O[C@@H](OCCCO)[C@H](OC(C)=O)[C@H]2OC(C)=O)O[C@H](CO)[C@@H](O)[C@@H]1OC(C)=O. The maximum atomic E-state index is 12.0. The molecule has 0 aromatic rings. The number of rotatable bonds is 12. The first-order valence-corrected chi connectivity index (χ1v) is 12.2. The second-order valence-electron chi connectivity index (χ2n) is 8.79. The van der Waals surface area contributed by atoms with Gasteiger partial charge >= 0.3 is 23.9 Å². The van der Waals surface area contributed by atoms with Crippen molar-refractivity contribution in [1.82, 2.24) is 0 Å². The van der Waals surface area contributed by atoms with Gasteiger partial charge in [-0.25, -0.2) is 0 Å². The van der Waals surface area contributed by atoms with Crippen LogP contribution in [-0.4, -0.2) is 132 Å². The lowest BCUT2D eigenvalue weighted by molar-refractivity contribution is -0.360. The van der Waals surface area contributed by atoms with Gasteiger partial charge in [-0.3, -0.25) is 19.2 Å². The van der Waals surface area contributed by atoms with E-state index in [0.717, 1.165) is 27.7 Å². The van der Waals surface area contributed by atoms with Crippen LogP contribution in [0, 0.1) is 0 Å². The Balaban J connectivity index is 2.50. The van der Waals surface area contributed by atoms with Crippen LogP contribution in [0.3, 0.4) is 0 Å². The summed E-state index contributed by atoms with van der Waals surface area (Å²) in [5.41, 5.74) is 0. The highest BCUT2D eigenvalue weighted by molar-refractivity contribution is 5.68. The molecule has 2 rings (SSSR count). The van der Waals surface area contributed by atoms with Gasteiger partial charge < -0.3 is 58.3 Å². The highest BCUT2D eigenvalue weighted by Gasteiger charge is 2.56. The minimum absolute atomic E-state index is 0.0458. The van der Waals surface area contributed by atoms with E-state index in [2.05, 4.69) is 0 Å². The molecule has 0 aliphatic carbocycles. The molecule has 1 unspecified atom stereocenters. The van der Waals surface area contributed by atoms with Crippen LogP contribution < -0.4 is 0 Å². The standard InChI is InChI=1S/C23H36O16/c1-10(27)33-18-16(31)14(8-25)37-23(20(18)35-12(3)29)39-17-15(9-26)38-22(32-7-5-6-24)21(36-13(4)30)19(17)34-11(2)28/h14-26,31H,5-9H2,1-4H3/t14-,15-,16-,17?,18+,19+,20-,21-,22-,23-/m1/s1. The molecular formula is C23H36O16. The maximum Gasteiger partial charge on any atom is 0.303 e. The molecule has 0 radical (unpaired) electrons. The number of hydrogen-bond acceptors (Lipinski definition) is 16. The Labute approximate surface area is 223 Å². The Morgan fingerprint density at radius 3 is 1.59 bits per heavy atom. The van der Waals surface area contributed by atoms with E-state index in [1.165, 1.54) is 0 Å². The Morgan fingerprint density at radius 2 is 1.10 bits per heavy atom. The van der Waals surface area contributed by atoms with Gasteiger partial charge in [-0.1, -0.05) is 0 Å². The number of aliphatic hydroxyl groups is 4. The van der Waals surface area contributed by atoms with Gasteiger partial charge in [0, 0.05) is 34.3 Å². The average molecular weight is 569 g/mol. The number of carbonyl (C=O) groups excluding carboxylic acids is 4. The van der Waals surface area contributed by atoms with Gasteiger partial charge in [0.15, 0.2) is 37.0 Å². The molecule has 39 heavy (non-hydrogen) atoms. The first kappa shape index (κ1) is 32.8. The summed E-state index contributed by atoms with van der Waals surface area (Å²) in [6.45, 7) is 2.48. The molecule has 2 fully saturated rings. The maximum absolute atomic E-state index is 12.0. The van der Waals surface area contributed by atoms with Crippen molar-refractivity contribution in [1.29, 1.82) is 0 Å². The summed E-state index contributed by atoms with van der Waals surface area (Å²) in [7, 11) is 0. The minimum atomic E-state index is -1.68. The van der Waals surface area contributed by atoms with Crippen LogP contribution in [0.15, 0.2) is 0 Å². The van der Waals surface area contributed by atoms with Crippen LogP contribution in [0.4, 0.5) is 0 Å². The second kappa shape index (κ2) is 15.4. The van der Waals surface area contributed by atoms with Gasteiger partial charge in [0.2, 0.25) is 0 Å². The number of esters is 4. The van der Waals surface area contributed by atoms with Crippen molar-refractivity contribution in [3.63, 3.8) is 0 Å². The number of hydrogen-bond donors (Lipinski definition) is 4. The van der Waals surface area contributed by atoms with Crippen molar-refractivity contribution in [3.8, 4) is 0 Å². The third kappa shape index (κ3) is 9.04. The molecule has 4 N–H and O–H groups in total. The Kier molecular flexibility index (Phi) is 12.9. The molecule has 0 spiro atoms. The number of carbonyl (C=O) groups is 4. The molecule has 10 atom stereocenters. The van der Waals surface area contributed by atoms with Crippen LogP contribution in [0.5, 0.6) is 0 Å². The monoisotopic (exact) mass is 568 g/mol. The smallest absolute Gasteiger partial charge is 0.303 e. The summed E-state index contributed by atoms with van der Waals surface area (Å²) in [5, 5.41) is 39.5. The van der Waals surface area contributed by atoms with Gasteiger partial charge in [-0.15, -0.1) is 0 Å². The van der Waals surface area contributed by atoms with Crippen LogP contribution in [0.25, 0.3) is 0 Å². The molecule has 2 saturated heterocycles. The van der Waals surface area contributed by atoms with Crippen molar-refractivity contribution >= 4 is 23.9 Å².